The van der Waals surface area contributed by atoms with Gasteiger partial charge in [-0.25, -0.2) is 15.0 Å². The third kappa shape index (κ3) is 4.18. The van der Waals surface area contributed by atoms with E-state index >= 15 is 0 Å². The minimum absolute atomic E-state index is 0.109. The average molecular weight is 393 g/mol. The molecule has 2 amide bonds. The number of aromatic amines is 1. The molecular formula is C18H15N7O2S. The summed E-state index contributed by atoms with van der Waals surface area (Å²) in [6, 6.07) is 7.67. The van der Waals surface area contributed by atoms with E-state index < -0.39 is 5.91 Å². The van der Waals surface area contributed by atoms with E-state index in [-0.39, 0.29) is 18.0 Å². The maximum absolute atomic E-state index is 12.2. The fourth-order valence-electron chi connectivity index (χ4n) is 2.52. The molecule has 10 heteroatoms. The molecule has 3 N–H and O–H groups in total. The SMILES string of the molecule is O=C(Cc1csc(NC(=O)c2cnccn2)n1)NCc1nc2ccccc2[nH]1. The van der Waals surface area contributed by atoms with Crippen molar-refractivity contribution in [3.63, 3.8) is 0 Å². The maximum atomic E-state index is 12.2. The predicted octanol–water partition coefficient (Wildman–Crippen LogP) is 1.92. The number of anilines is 1. The molecule has 4 aromatic rings. The van der Waals surface area contributed by atoms with Gasteiger partial charge < -0.3 is 10.3 Å². The molecule has 28 heavy (non-hydrogen) atoms. The Morgan fingerprint density at radius 3 is 2.86 bits per heavy atom. The lowest BCUT2D eigenvalue weighted by Crippen LogP contribution is -2.25. The van der Waals surface area contributed by atoms with Gasteiger partial charge in [-0.05, 0) is 12.1 Å². The molecule has 0 spiro atoms. The highest BCUT2D eigenvalue weighted by Gasteiger charge is 2.12. The Labute approximate surface area is 163 Å². The highest BCUT2D eigenvalue weighted by Crippen LogP contribution is 2.16. The Hall–Kier alpha value is -3.66. The lowest BCUT2D eigenvalue weighted by Gasteiger charge is -2.01. The number of carbonyl (C=O) groups excluding carboxylic acids is 2. The summed E-state index contributed by atoms with van der Waals surface area (Å²) < 4.78 is 0. The van der Waals surface area contributed by atoms with Crippen molar-refractivity contribution in [3.05, 3.63) is 65.4 Å². The average Bonchev–Trinajstić information content (AvgIpc) is 3.33. The molecule has 0 fully saturated rings. The first-order chi connectivity index (χ1) is 13.7. The molecule has 0 aliphatic heterocycles. The third-order valence-electron chi connectivity index (χ3n) is 3.80. The Bertz CT molecular complexity index is 1090. The second-order valence-corrected chi connectivity index (χ2v) is 6.70. The Kier molecular flexibility index (Phi) is 5.02. The molecule has 0 bridgehead atoms. The number of carbonyl (C=O) groups is 2. The van der Waals surface area contributed by atoms with Gasteiger partial charge in [0.2, 0.25) is 5.91 Å². The zero-order valence-electron chi connectivity index (χ0n) is 14.5. The number of thiazole rings is 1. The number of aromatic nitrogens is 5. The molecule has 0 aliphatic carbocycles. The van der Waals surface area contributed by atoms with Gasteiger partial charge >= 0.3 is 0 Å². The maximum Gasteiger partial charge on any atom is 0.277 e. The molecule has 3 aromatic heterocycles. The topological polar surface area (TPSA) is 126 Å². The lowest BCUT2D eigenvalue weighted by molar-refractivity contribution is -0.120. The fraction of sp³-hybridized carbons (Fsp3) is 0.111. The number of amides is 2. The number of nitrogens with one attached hydrogen (secondary N) is 3. The van der Waals surface area contributed by atoms with E-state index in [1.807, 2.05) is 24.3 Å². The van der Waals surface area contributed by atoms with E-state index in [4.69, 9.17) is 0 Å². The summed E-state index contributed by atoms with van der Waals surface area (Å²) in [7, 11) is 0. The first-order valence-corrected chi connectivity index (χ1v) is 9.27. The van der Waals surface area contributed by atoms with Gasteiger partial charge in [0.15, 0.2) is 5.13 Å². The highest BCUT2D eigenvalue weighted by atomic mass is 32.1. The number of para-hydroxylation sites is 2. The minimum atomic E-state index is -0.400. The number of benzene rings is 1. The van der Waals surface area contributed by atoms with E-state index in [1.54, 1.807) is 5.38 Å². The van der Waals surface area contributed by atoms with Crippen LogP contribution in [0.1, 0.15) is 22.0 Å². The molecule has 9 nitrogen and oxygen atoms in total. The number of nitrogens with zero attached hydrogens (tertiary/aromatic N) is 4. The predicted molar refractivity (Wildman–Crippen MR) is 104 cm³/mol. The third-order valence-corrected chi connectivity index (χ3v) is 4.61. The lowest BCUT2D eigenvalue weighted by atomic mass is 10.3. The van der Waals surface area contributed by atoms with Crippen molar-refractivity contribution in [2.45, 2.75) is 13.0 Å². The quantitative estimate of drug-likeness (QED) is 0.459. The molecule has 0 aliphatic rings. The van der Waals surface area contributed by atoms with E-state index in [9.17, 15) is 9.59 Å². The van der Waals surface area contributed by atoms with Crippen LogP contribution in [0.5, 0.6) is 0 Å². The van der Waals surface area contributed by atoms with Gasteiger partial charge in [-0.1, -0.05) is 12.1 Å². The van der Waals surface area contributed by atoms with Crippen molar-refractivity contribution < 1.29 is 9.59 Å². The molecular weight excluding hydrogens is 378 g/mol. The van der Waals surface area contributed by atoms with Crippen molar-refractivity contribution >= 4 is 39.3 Å². The second-order valence-electron chi connectivity index (χ2n) is 5.84. The monoisotopic (exact) mass is 393 g/mol. The van der Waals surface area contributed by atoms with Crippen LogP contribution in [0.4, 0.5) is 5.13 Å². The zero-order chi connectivity index (χ0) is 19.3. The van der Waals surface area contributed by atoms with Crippen LogP contribution in [0.3, 0.4) is 0 Å². The second kappa shape index (κ2) is 7.92. The van der Waals surface area contributed by atoms with Crippen LogP contribution in [0.25, 0.3) is 11.0 Å². The molecule has 3 heterocycles. The van der Waals surface area contributed by atoms with Gasteiger partial charge in [0.1, 0.15) is 11.5 Å². The molecule has 0 radical (unpaired) electrons. The van der Waals surface area contributed by atoms with Crippen molar-refractivity contribution in [2.75, 3.05) is 5.32 Å². The van der Waals surface area contributed by atoms with Crippen molar-refractivity contribution in [2.24, 2.45) is 0 Å². The molecule has 0 saturated carbocycles. The zero-order valence-corrected chi connectivity index (χ0v) is 15.4. The Morgan fingerprint density at radius 1 is 1.14 bits per heavy atom. The minimum Gasteiger partial charge on any atom is -0.349 e. The summed E-state index contributed by atoms with van der Waals surface area (Å²) in [5, 5.41) is 7.58. The van der Waals surface area contributed by atoms with Gasteiger partial charge in [-0.3, -0.25) is 19.9 Å². The van der Waals surface area contributed by atoms with Crippen LogP contribution < -0.4 is 10.6 Å². The number of rotatable bonds is 6. The number of H-pyrrole nitrogens is 1. The van der Waals surface area contributed by atoms with Crippen molar-refractivity contribution in [1.29, 1.82) is 0 Å². The molecule has 0 unspecified atom stereocenters. The standard InChI is InChI=1S/C18H15N7O2S/c26-16(21-9-15-23-12-3-1-2-4-13(12)24-15)7-11-10-28-18(22-11)25-17(27)14-8-19-5-6-20-14/h1-6,8,10H,7,9H2,(H,21,26)(H,23,24)(H,22,25,27). The number of imidazole rings is 1. The number of hydrogen-bond donors (Lipinski definition) is 3. The summed E-state index contributed by atoms with van der Waals surface area (Å²) in [5.41, 5.74) is 2.55. The largest absolute Gasteiger partial charge is 0.349 e. The van der Waals surface area contributed by atoms with Crippen LogP contribution in [0, 0.1) is 0 Å². The summed E-state index contributed by atoms with van der Waals surface area (Å²) >= 11 is 1.24. The summed E-state index contributed by atoms with van der Waals surface area (Å²) in [4.78, 5) is 43.8. The van der Waals surface area contributed by atoms with E-state index in [2.05, 4.69) is 35.6 Å². The molecule has 4 rings (SSSR count). The Balaban J connectivity index is 1.30. The van der Waals surface area contributed by atoms with Crippen LogP contribution >= 0.6 is 11.3 Å². The molecule has 1 aromatic carbocycles. The first-order valence-electron chi connectivity index (χ1n) is 8.39. The van der Waals surface area contributed by atoms with Gasteiger partial charge in [0, 0.05) is 17.8 Å². The van der Waals surface area contributed by atoms with E-state index in [0.717, 1.165) is 11.0 Å². The number of fused-ring (bicyclic) bond motifs is 1. The normalized spacial score (nSPS) is 10.7. The van der Waals surface area contributed by atoms with E-state index in [1.165, 1.54) is 29.9 Å². The summed E-state index contributed by atoms with van der Waals surface area (Å²) in [5.74, 6) is 0.102. The molecule has 0 saturated heterocycles. The van der Waals surface area contributed by atoms with Gasteiger partial charge in [-0.15, -0.1) is 11.3 Å². The first kappa shape index (κ1) is 17.7. The number of hydrogen-bond acceptors (Lipinski definition) is 7. The van der Waals surface area contributed by atoms with Crippen molar-refractivity contribution in [3.8, 4) is 0 Å². The fourth-order valence-corrected chi connectivity index (χ4v) is 3.23. The van der Waals surface area contributed by atoms with E-state index in [0.29, 0.717) is 23.2 Å². The summed E-state index contributed by atoms with van der Waals surface area (Å²) in [6.45, 7) is 0.300. The van der Waals surface area contributed by atoms with Gasteiger partial charge in [-0.2, -0.15) is 0 Å². The van der Waals surface area contributed by atoms with Crippen molar-refractivity contribution in [1.82, 2.24) is 30.2 Å². The molecule has 140 valence electrons. The van der Waals surface area contributed by atoms with Gasteiger partial charge in [0.05, 0.1) is 35.9 Å². The van der Waals surface area contributed by atoms with Crippen LogP contribution in [-0.4, -0.2) is 36.7 Å². The van der Waals surface area contributed by atoms with Crippen LogP contribution in [0.15, 0.2) is 48.2 Å². The van der Waals surface area contributed by atoms with Gasteiger partial charge in [0.25, 0.3) is 5.91 Å². The summed E-state index contributed by atoms with van der Waals surface area (Å²) in [6.07, 6.45) is 4.41. The Morgan fingerprint density at radius 2 is 2.04 bits per heavy atom. The smallest absolute Gasteiger partial charge is 0.277 e. The molecule has 0 atom stereocenters. The highest BCUT2D eigenvalue weighted by molar-refractivity contribution is 7.14. The van der Waals surface area contributed by atoms with Crippen LogP contribution in [0.2, 0.25) is 0 Å². The van der Waals surface area contributed by atoms with Crippen LogP contribution in [-0.2, 0) is 17.8 Å².